The van der Waals surface area contributed by atoms with Gasteiger partial charge in [0.1, 0.15) is 18.7 Å². The van der Waals surface area contributed by atoms with Crippen LogP contribution in [0.4, 0.5) is 0 Å². The number of hydrogen-bond donors (Lipinski definition) is 1. The predicted octanol–water partition coefficient (Wildman–Crippen LogP) is 2.75. The standard InChI is InChI=1S/C14H19BrN4O/c1-3-6-19-14(17-10-18-19)9-20-13-5-4-11(8-16-2)7-12(13)15/h4-5,7,10,16H,3,6,8-9H2,1-2H3. The Hall–Kier alpha value is -1.40. The maximum atomic E-state index is 5.81. The van der Waals surface area contributed by atoms with Crippen molar-refractivity contribution >= 4 is 15.9 Å². The van der Waals surface area contributed by atoms with E-state index in [1.165, 1.54) is 5.56 Å². The molecule has 0 aliphatic rings. The van der Waals surface area contributed by atoms with Gasteiger partial charge < -0.3 is 10.1 Å². The molecule has 0 fully saturated rings. The van der Waals surface area contributed by atoms with Crippen LogP contribution in [0.25, 0.3) is 0 Å². The fourth-order valence-corrected chi connectivity index (χ4v) is 2.46. The van der Waals surface area contributed by atoms with E-state index in [1.807, 2.05) is 23.9 Å². The zero-order valence-electron chi connectivity index (χ0n) is 11.8. The molecule has 0 radical (unpaired) electrons. The van der Waals surface area contributed by atoms with Crippen LogP contribution in [0.5, 0.6) is 5.75 Å². The van der Waals surface area contributed by atoms with Gasteiger partial charge in [-0.2, -0.15) is 5.10 Å². The fourth-order valence-electron chi connectivity index (χ4n) is 1.92. The highest BCUT2D eigenvalue weighted by molar-refractivity contribution is 9.10. The third-order valence-electron chi connectivity index (χ3n) is 2.87. The first-order valence-electron chi connectivity index (χ1n) is 6.67. The van der Waals surface area contributed by atoms with Gasteiger partial charge in [-0.3, -0.25) is 0 Å². The molecule has 0 aliphatic carbocycles. The lowest BCUT2D eigenvalue weighted by Gasteiger charge is -2.10. The van der Waals surface area contributed by atoms with Crippen molar-refractivity contribution in [2.75, 3.05) is 7.05 Å². The summed E-state index contributed by atoms with van der Waals surface area (Å²) >= 11 is 3.54. The third kappa shape index (κ3) is 3.80. The zero-order valence-corrected chi connectivity index (χ0v) is 13.4. The summed E-state index contributed by atoms with van der Waals surface area (Å²) in [6, 6.07) is 6.08. The summed E-state index contributed by atoms with van der Waals surface area (Å²) < 4.78 is 8.64. The van der Waals surface area contributed by atoms with Crippen molar-refractivity contribution in [1.82, 2.24) is 20.1 Å². The Morgan fingerprint density at radius 1 is 1.40 bits per heavy atom. The van der Waals surface area contributed by atoms with Gasteiger partial charge in [0.15, 0.2) is 5.82 Å². The van der Waals surface area contributed by atoms with Gasteiger partial charge in [-0.25, -0.2) is 9.67 Å². The van der Waals surface area contributed by atoms with Crippen LogP contribution < -0.4 is 10.1 Å². The fraction of sp³-hybridized carbons (Fsp3) is 0.429. The maximum Gasteiger partial charge on any atom is 0.164 e. The van der Waals surface area contributed by atoms with Crippen molar-refractivity contribution in [1.29, 1.82) is 0 Å². The van der Waals surface area contributed by atoms with Crippen LogP contribution in [-0.4, -0.2) is 21.8 Å². The van der Waals surface area contributed by atoms with Crippen LogP contribution in [0.3, 0.4) is 0 Å². The molecule has 0 amide bonds. The molecule has 6 heteroatoms. The van der Waals surface area contributed by atoms with E-state index >= 15 is 0 Å². The Morgan fingerprint density at radius 2 is 2.25 bits per heavy atom. The first-order chi connectivity index (χ1) is 9.74. The van der Waals surface area contributed by atoms with Crippen LogP contribution in [0, 0.1) is 0 Å². The Morgan fingerprint density at radius 3 is 2.95 bits per heavy atom. The zero-order chi connectivity index (χ0) is 14.4. The van der Waals surface area contributed by atoms with Crippen molar-refractivity contribution < 1.29 is 4.74 Å². The highest BCUT2D eigenvalue weighted by atomic mass is 79.9. The minimum absolute atomic E-state index is 0.421. The van der Waals surface area contributed by atoms with Gasteiger partial charge in [-0.15, -0.1) is 0 Å². The lowest BCUT2D eigenvalue weighted by Crippen LogP contribution is -2.09. The van der Waals surface area contributed by atoms with E-state index in [9.17, 15) is 0 Å². The first-order valence-corrected chi connectivity index (χ1v) is 7.46. The highest BCUT2D eigenvalue weighted by Crippen LogP contribution is 2.26. The van der Waals surface area contributed by atoms with E-state index < -0.39 is 0 Å². The molecule has 0 unspecified atom stereocenters. The molecular formula is C14H19BrN4O. The Balaban J connectivity index is 2.01. The lowest BCUT2D eigenvalue weighted by atomic mass is 10.2. The molecule has 108 valence electrons. The molecule has 0 aliphatic heterocycles. The predicted molar refractivity (Wildman–Crippen MR) is 81.6 cm³/mol. The van der Waals surface area contributed by atoms with Crippen molar-refractivity contribution in [2.45, 2.75) is 33.0 Å². The van der Waals surface area contributed by atoms with Gasteiger partial charge in [0.2, 0.25) is 0 Å². The molecule has 0 bridgehead atoms. The summed E-state index contributed by atoms with van der Waals surface area (Å²) in [7, 11) is 1.93. The molecule has 0 atom stereocenters. The summed E-state index contributed by atoms with van der Waals surface area (Å²) in [5, 5.41) is 7.31. The molecule has 0 saturated heterocycles. The average molecular weight is 339 g/mol. The van der Waals surface area contributed by atoms with Crippen molar-refractivity contribution in [3.8, 4) is 5.75 Å². The highest BCUT2D eigenvalue weighted by Gasteiger charge is 2.07. The Bertz CT molecular complexity index is 556. The second-order valence-electron chi connectivity index (χ2n) is 4.48. The van der Waals surface area contributed by atoms with E-state index in [1.54, 1.807) is 6.33 Å². The number of nitrogens with zero attached hydrogens (tertiary/aromatic N) is 3. The number of rotatable bonds is 7. The second-order valence-corrected chi connectivity index (χ2v) is 5.34. The summed E-state index contributed by atoms with van der Waals surface area (Å²) in [6.45, 7) is 4.23. The van der Waals surface area contributed by atoms with E-state index in [4.69, 9.17) is 4.74 Å². The van der Waals surface area contributed by atoms with Crippen molar-refractivity contribution in [2.24, 2.45) is 0 Å². The van der Waals surface area contributed by atoms with E-state index in [2.05, 4.69) is 44.3 Å². The van der Waals surface area contributed by atoms with Crippen LogP contribution in [0.2, 0.25) is 0 Å². The third-order valence-corrected chi connectivity index (χ3v) is 3.48. The number of hydrogen-bond acceptors (Lipinski definition) is 4. The number of aromatic nitrogens is 3. The molecule has 5 nitrogen and oxygen atoms in total. The van der Waals surface area contributed by atoms with Gasteiger partial charge >= 0.3 is 0 Å². The maximum absolute atomic E-state index is 5.81. The molecule has 20 heavy (non-hydrogen) atoms. The summed E-state index contributed by atoms with van der Waals surface area (Å²) in [6.07, 6.45) is 2.60. The minimum atomic E-state index is 0.421. The van der Waals surface area contributed by atoms with E-state index in [0.717, 1.165) is 35.6 Å². The minimum Gasteiger partial charge on any atom is -0.484 e. The second kappa shape index (κ2) is 7.40. The topological polar surface area (TPSA) is 52.0 Å². The van der Waals surface area contributed by atoms with Crippen LogP contribution in [0.1, 0.15) is 24.7 Å². The van der Waals surface area contributed by atoms with Crippen molar-refractivity contribution in [3.63, 3.8) is 0 Å². The van der Waals surface area contributed by atoms with Gasteiger partial charge in [-0.1, -0.05) is 13.0 Å². The first kappa shape index (κ1) is 15.0. The summed E-state index contributed by atoms with van der Waals surface area (Å²) in [5.41, 5.74) is 1.21. The normalized spacial score (nSPS) is 10.8. The molecule has 0 spiro atoms. The molecule has 0 saturated carbocycles. The molecule has 1 heterocycles. The molecule has 1 N–H and O–H groups in total. The van der Waals surface area contributed by atoms with Gasteiger partial charge in [0, 0.05) is 13.1 Å². The molecular weight excluding hydrogens is 320 g/mol. The SMILES string of the molecule is CCCn1ncnc1COc1ccc(CNC)cc1Br. The summed E-state index contributed by atoms with van der Waals surface area (Å²) in [4.78, 5) is 4.23. The number of nitrogens with one attached hydrogen (secondary N) is 1. The van der Waals surface area contributed by atoms with Gasteiger partial charge in [0.05, 0.1) is 4.47 Å². The summed E-state index contributed by atoms with van der Waals surface area (Å²) in [5.74, 6) is 1.66. The molecule has 1 aromatic heterocycles. The lowest BCUT2D eigenvalue weighted by molar-refractivity contribution is 0.284. The Kier molecular flexibility index (Phi) is 5.55. The Labute approximate surface area is 127 Å². The number of benzene rings is 1. The van der Waals surface area contributed by atoms with Crippen LogP contribution in [-0.2, 0) is 19.7 Å². The number of ether oxygens (including phenoxy) is 1. The van der Waals surface area contributed by atoms with Gasteiger partial charge in [-0.05, 0) is 47.1 Å². The number of aryl methyl sites for hydroxylation is 1. The smallest absolute Gasteiger partial charge is 0.164 e. The average Bonchev–Trinajstić information content (AvgIpc) is 2.86. The van der Waals surface area contributed by atoms with E-state index in [-0.39, 0.29) is 0 Å². The number of halogens is 1. The van der Waals surface area contributed by atoms with E-state index in [0.29, 0.717) is 6.61 Å². The van der Waals surface area contributed by atoms with Crippen LogP contribution in [0.15, 0.2) is 29.0 Å². The van der Waals surface area contributed by atoms with Crippen LogP contribution >= 0.6 is 15.9 Å². The largest absolute Gasteiger partial charge is 0.484 e. The molecule has 2 rings (SSSR count). The molecule has 2 aromatic rings. The quantitative estimate of drug-likeness (QED) is 0.843. The molecule has 1 aromatic carbocycles. The van der Waals surface area contributed by atoms with Crippen molar-refractivity contribution in [3.05, 3.63) is 40.4 Å². The monoisotopic (exact) mass is 338 g/mol. The van der Waals surface area contributed by atoms with Gasteiger partial charge in [0.25, 0.3) is 0 Å².